The van der Waals surface area contributed by atoms with Crippen LogP contribution >= 0.6 is 0 Å². The fourth-order valence-corrected chi connectivity index (χ4v) is 1.47. The Kier molecular flexibility index (Phi) is 2.07. The highest BCUT2D eigenvalue weighted by atomic mass is 16.6. The summed E-state index contributed by atoms with van der Waals surface area (Å²) in [6.45, 7) is 2.01. The highest BCUT2D eigenvalue weighted by molar-refractivity contribution is 5.57. The van der Waals surface area contributed by atoms with E-state index >= 15 is 0 Å². The van der Waals surface area contributed by atoms with E-state index in [2.05, 4.69) is 0 Å². The first-order valence-electron chi connectivity index (χ1n) is 4.45. The second kappa shape index (κ2) is 3.23. The van der Waals surface area contributed by atoms with Crippen LogP contribution in [0.2, 0.25) is 0 Å². The minimum atomic E-state index is -0.795. The monoisotopic (exact) mass is 176 g/mol. The Morgan fingerprint density at radius 1 is 1.38 bits per heavy atom. The molecular formula is C11H12O2. The third-order valence-corrected chi connectivity index (χ3v) is 2.19. The summed E-state index contributed by atoms with van der Waals surface area (Å²) in [4.78, 5) is 0. The van der Waals surface area contributed by atoms with Gasteiger partial charge in [0.25, 0.3) is 0 Å². The van der Waals surface area contributed by atoms with Crippen molar-refractivity contribution >= 4 is 6.08 Å². The number of hydrogen-bond donors (Lipinski definition) is 1. The van der Waals surface area contributed by atoms with Crippen molar-refractivity contribution in [3.05, 3.63) is 41.2 Å². The van der Waals surface area contributed by atoms with Crippen molar-refractivity contribution in [2.24, 2.45) is 0 Å². The maximum Gasteiger partial charge on any atom is 0.224 e. The maximum atomic E-state index is 9.60. The second-order valence-corrected chi connectivity index (χ2v) is 3.06. The zero-order chi connectivity index (χ0) is 9.26. The van der Waals surface area contributed by atoms with Crippen molar-refractivity contribution in [2.75, 3.05) is 0 Å². The van der Waals surface area contributed by atoms with Gasteiger partial charge in [0.1, 0.15) is 5.76 Å². The SMILES string of the molecule is CCC1=Cc2ccccc2C(O)O1. The molecule has 2 nitrogen and oxygen atoms in total. The summed E-state index contributed by atoms with van der Waals surface area (Å²) in [6.07, 6.45) is 1.99. The lowest BCUT2D eigenvalue weighted by atomic mass is 10.0. The van der Waals surface area contributed by atoms with Crippen LogP contribution in [0.5, 0.6) is 0 Å². The molecule has 13 heavy (non-hydrogen) atoms. The van der Waals surface area contributed by atoms with Crippen molar-refractivity contribution in [3.63, 3.8) is 0 Å². The number of rotatable bonds is 1. The van der Waals surface area contributed by atoms with Crippen LogP contribution in [-0.2, 0) is 4.74 Å². The van der Waals surface area contributed by atoms with Gasteiger partial charge in [-0.3, -0.25) is 0 Å². The average Bonchev–Trinajstić information content (AvgIpc) is 2.18. The number of aliphatic hydroxyl groups excluding tert-OH is 1. The molecule has 0 aromatic heterocycles. The Morgan fingerprint density at radius 3 is 2.92 bits per heavy atom. The average molecular weight is 176 g/mol. The van der Waals surface area contributed by atoms with E-state index in [1.165, 1.54) is 0 Å². The molecule has 0 bridgehead atoms. The number of fused-ring (bicyclic) bond motifs is 1. The van der Waals surface area contributed by atoms with Crippen LogP contribution < -0.4 is 0 Å². The van der Waals surface area contributed by atoms with Crippen LogP contribution in [-0.4, -0.2) is 5.11 Å². The summed E-state index contributed by atoms with van der Waals surface area (Å²) in [6, 6.07) is 7.72. The molecule has 0 saturated heterocycles. The van der Waals surface area contributed by atoms with Crippen molar-refractivity contribution in [1.29, 1.82) is 0 Å². The molecule has 0 radical (unpaired) electrons. The lowest BCUT2D eigenvalue weighted by Crippen LogP contribution is -2.09. The fraction of sp³-hybridized carbons (Fsp3) is 0.273. The van der Waals surface area contributed by atoms with Crippen LogP contribution in [0.3, 0.4) is 0 Å². The molecule has 2 heteroatoms. The van der Waals surface area contributed by atoms with Crippen molar-refractivity contribution in [1.82, 2.24) is 0 Å². The summed E-state index contributed by atoms with van der Waals surface area (Å²) < 4.78 is 5.28. The zero-order valence-corrected chi connectivity index (χ0v) is 7.53. The number of ether oxygens (including phenoxy) is 1. The Bertz CT molecular complexity index is 342. The molecular weight excluding hydrogens is 164 g/mol. The molecule has 0 aliphatic carbocycles. The predicted octanol–water partition coefficient (Wildman–Crippen LogP) is 2.46. The van der Waals surface area contributed by atoms with Crippen LogP contribution in [0.1, 0.15) is 30.8 Å². The van der Waals surface area contributed by atoms with E-state index in [9.17, 15) is 5.11 Å². The molecule has 1 aliphatic heterocycles. The molecule has 0 spiro atoms. The minimum absolute atomic E-state index is 0.795. The molecule has 1 aromatic rings. The lowest BCUT2D eigenvalue weighted by Gasteiger charge is -2.22. The first-order chi connectivity index (χ1) is 6.31. The zero-order valence-electron chi connectivity index (χ0n) is 7.53. The van der Waals surface area contributed by atoms with Gasteiger partial charge in [0, 0.05) is 12.0 Å². The molecule has 1 atom stereocenters. The number of benzene rings is 1. The van der Waals surface area contributed by atoms with E-state index in [0.717, 1.165) is 23.3 Å². The van der Waals surface area contributed by atoms with E-state index in [1.807, 2.05) is 37.3 Å². The number of hydrogen-bond acceptors (Lipinski definition) is 2. The Hall–Kier alpha value is -1.28. The van der Waals surface area contributed by atoms with Crippen molar-refractivity contribution in [3.8, 4) is 0 Å². The summed E-state index contributed by atoms with van der Waals surface area (Å²) in [7, 11) is 0. The second-order valence-electron chi connectivity index (χ2n) is 3.06. The molecule has 0 fully saturated rings. The third-order valence-electron chi connectivity index (χ3n) is 2.19. The van der Waals surface area contributed by atoms with Gasteiger partial charge in [-0.1, -0.05) is 31.2 Å². The van der Waals surface area contributed by atoms with Gasteiger partial charge in [-0.15, -0.1) is 0 Å². The van der Waals surface area contributed by atoms with E-state index < -0.39 is 6.29 Å². The van der Waals surface area contributed by atoms with Crippen molar-refractivity contribution in [2.45, 2.75) is 19.6 Å². The predicted molar refractivity (Wildman–Crippen MR) is 50.8 cm³/mol. The number of aliphatic hydroxyl groups is 1. The largest absolute Gasteiger partial charge is 0.465 e. The van der Waals surface area contributed by atoms with Crippen LogP contribution in [0.15, 0.2) is 30.0 Å². The third kappa shape index (κ3) is 1.45. The molecule has 1 unspecified atom stereocenters. The molecule has 1 aliphatic rings. The van der Waals surface area contributed by atoms with Crippen LogP contribution in [0.25, 0.3) is 6.08 Å². The fourth-order valence-electron chi connectivity index (χ4n) is 1.47. The van der Waals surface area contributed by atoms with Gasteiger partial charge >= 0.3 is 0 Å². The molecule has 1 aromatic carbocycles. The highest BCUT2D eigenvalue weighted by Gasteiger charge is 2.17. The quantitative estimate of drug-likeness (QED) is 0.712. The molecule has 2 rings (SSSR count). The molecule has 68 valence electrons. The standard InChI is InChI=1S/C11H12O2/c1-2-9-7-8-5-3-4-6-10(8)11(12)13-9/h3-7,11-12H,2H2,1H3. The summed E-state index contributed by atoms with van der Waals surface area (Å²) >= 11 is 0. The van der Waals surface area contributed by atoms with Crippen LogP contribution in [0, 0.1) is 0 Å². The van der Waals surface area contributed by atoms with Gasteiger partial charge in [-0.25, -0.2) is 0 Å². The van der Waals surface area contributed by atoms with E-state index in [1.54, 1.807) is 0 Å². The Morgan fingerprint density at radius 2 is 2.15 bits per heavy atom. The van der Waals surface area contributed by atoms with E-state index in [-0.39, 0.29) is 0 Å². The first kappa shape index (κ1) is 8.32. The molecule has 1 N–H and O–H groups in total. The van der Waals surface area contributed by atoms with Crippen LogP contribution in [0.4, 0.5) is 0 Å². The molecule has 0 saturated carbocycles. The van der Waals surface area contributed by atoms with E-state index in [4.69, 9.17) is 4.74 Å². The summed E-state index contributed by atoms with van der Waals surface area (Å²) in [5, 5.41) is 9.60. The minimum Gasteiger partial charge on any atom is -0.465 e. The highest BCUT2D eigenvalue weighted by Crippen LogP contribution is 2.29. The van der Waals surface area contributed by atoms with Crippen molar-refractivity contribution < 1.29 is 9.84 Å². The molecule has 0 amide bonds. The van der Waals surface area contributed by atoms with E-state index in [0.29, 0.717) is 0 Å². The topological polar surface area (TPSA) is 29.5 Å². The molecule has 1 heterocycles. The Labute approximate surface area is 77.5 Å². The first-order valence-corrected chi connectivity index (χ1v) is 4.45. The van der Waals surface area contributed by atoms with Gasteiger partial charge in [0.05, 0.1) is 0 Å². The summed E-state index contributed by atoms with van der Waals surface area (Å²) in [5.41, 5.74) is 1.90. The maximum absolute atomic E-state index is 9.60. The number of allylic oxidation sites excluding steroid dienone is 1. The van der Waals surface area contributed by atoms with Gasteiger partial charge in [-0.05, 0) is 11.6 Å². The summed E-state index contributed by atoms with van der Waals surface area (Å²) in [5.74, 6) is 0.839. The van der Waals surface area contributed by atoms with Gasteiger partial charge < -0.3 is 9.84 Å². The lowest BCUT2D eigenvalue weighted by molar-refractivity contribution is -0.0717. The smallest absolute Gasteiger partial charge is 0.224 e. The normalized spacial score (nSPS) is 20.2. The van der Waals surface area contributed by atoms with Gasteiger partial charge in [-0.2, -0.15) is 0 Å². The van der Waals surface area contributed by atoms with Gasteiger partial charge in [0.2, 0.25) is 6.29 Å². The van der Waals surface area contributed by atoms with Gasteiger partial charge in [0.15, 0.2) is 0 Å². The Balaban J connectivity index is 2.46.